The zero-order chi connectivity index (χ0) is 20.8. The number of hydrogen-bond donors (Lipinski definition) is 3. The van der Waals surface area contributed by atoms with Gasteiger partial charge in [-0.05, 0) is 49.4 Å². The van der Waals surface area contributed by atoms with Crippen molar-refractivity contribution in [1.82, 2.24) is 30.4 Å². The molecule has 0 radical (unpaired) electrons. The van der Waals surface area contributed by atoms with Gasteiger partial charge < -0.3 is 20.2 Å². The van der Waals surface area contributed by atoms with Gasteiger partial charge in [0.05, 0.1) is 0 Å². The number of aryl methyl sites for hydroxylation is 2. The van der Waals surface area contributed by atoms with Crippen molar-refractivity contribution >= 4 is 16.9 Å². The van der Waals surface area contributed by atoms with Crippen molar-refractivity contribution in [3.63, 3.8) is 0 Å². The highest BCUT2D eigenvalue weighted by Crippen LogP contribution is 2.19. The van der Waals surface area contributed by atoms with Crippen molar-refractivity contribution in [2.75, 3.05) is 20.1 Å². The maximum absolute atomic E-state index is 13.3. The first-order valence-corrected chi connectivity index (χ1v) is 10.9. The van der Waals surface area contributed by atoms with Crippen molar-refractivity contribution in [2.24, 2.45) is 4.99 Å². The molecule has 0 unspecified atom stereocenters. The Morgan fingerprint density at radius 2 is 2.07 bits per heavy atom. The van der Waals surface area contributed by atoms with E-state index < -0.39 is 0 Å². The van der Waals surface area contributed by atoms with E-state index in [4.69, 9.17) is 0 Å². The van der Waals surface area contributed by atoms with Gasteiger partial charge in [-0.25, -0.2) is 4.39 Å². The van der Waals surface area contributed by atoms with E-state index in [-0.39, 0.29) is 5.82 Å². The summed E-state index contributed by atoms with van der Waals surface area (Å²) in [7, 11) is 1.78. The van der Waals surface area contributed by atoms with Gasteiger partial charge in [-0.1, -0.05) is 6.42 Å². The normalized spacial score (nSPS) is 14.5. The number of aromatic nitrogens is 4. The lowest BCUT2D eigenvalue weighted by molar-refractivity contribution is 0.594. The van der Waals surface area contributed by atoms with Gasteiger partial charge in [0.1, 0.15) is 17.5 Å². The smallest absolute Gasteiger partial charge is 0.190 e. The Balaban J connectivity index is 1.20. The van der Waals surface area contributed by atoms with Crippen LogP contribution in [0.15, 0.2) is 29.4 Å². The Morgan fingerprint density at radius 3 is 2.97 bits per heavy atom. The SMILES string of the molecule is CN=C(NCCCc1nnc2n1CCCCC2)NCCc1c[nH]c2cc(F)ccc12. The summed E-state index contributed by atoms with van der Waals surface area (Å²) < 4.78 is 15.6. The largest absolute Gasteiger partial charge is 0.361 e. The minimum absolute atomic E-state index is 0.221. The van der Waals surface area contributed by atoms with E-state index in [9.17, 15) is 4.39 Å². The lowest BCUT2D eigenvalue weighted by atomic mass is 10.1. The van der Waals surface area contributed by atoms with Gasteiger partial charge in [0.25, 0.3) is 0 Å². The fourth-order valence-corrected chi connectivity index (χ4v) is 4.09. The Kier molecular flexibility index (Phi) is 6.61. The minimum Gasteiger partial charge on any atom is -0.361 e. The summed E-state index contributed by atoms with van der Waals surface area (Å²) >= 11 is 0. The third-order valence-electron chi connectivity index (χ3n) is 5.70. The van der Waals surface area contributed by atoms with E-state index in [0.29, 0.717) is 0 Å². The summed E-state index contributed by atoms with van der Waals surface area (Å²) in [5.41, 5.74) is 2.00. The van der Waals surface area contributed by atoms with E-state index in [2.05, 4.69) is 35.4 Å². The van der Waals surface area contributed by atoms with Gasteiger partial charge >= 0.3 is 0 Å². The number of fused-ring (bicyclic) bond motifs is 2. The van der Waals surface area contributed by atoms with Crippen LogP contribution < -0.4 is 10.6 Å². The summed E-state index contributed by atoms with van der Waals surface area (Å²) in [6, 6.07) is 4.86. The Bertz CT molecular complexity index is 1000. The van der Waals surface area contributed by atoms with Crippen LogP contribution in [0.25, 0.3) is 10.9 Å². The van der Waals surface area contributed by atoms with Crippen molar-refractivity contribution in [3.8, 4) is 0 Å². The van der Waals surface area contributed by atoms with Crippen molar-refractivity contribution < 1.29 is 4.39 Å². The Labute approximate surface area is 176 Å². The number of aliphatic imine (C=N–C) groups is 1. The molecule has 1 aliphatic heterocycles. The van der Waals surface area contributed by atoms with Crippen LogP contribution in [0.3, 0.4) is 0 Å². The highest BCUT2D eigenvalue weighted by molar-refractivity contribution is 5.83. The standard InChI is InChI=1S/C22H30FN7/c1-24-22(26-12-10-16-15-27-19-14-17(23)8-9-18(16)19)25-11-5-7-21-29-28-20-6-3-2-4-13-30(20)21/h8-9,14-15,27H,2-7,10-13H2,1H3,(H2,24,25,26). The van der Waals surface area contributed by atoms with E-state index in [1.165, 1.54) is 37.0 Å². The molecule has 3 N–H and O–H groups in total. The van der Waals surface area contributed by atoms with Crippen molar-refractivity contribution in [1.29, 1.82) is 0 Å². The molecule has 8 heteroatoms. The van der Waals surface area contributed by atoms with Crippen LogP contribution >= 0.6 is 0 Å². The monoisotopic (exact) mass is 411 g/mol. The summed E-state index contributed by atoms with van der Waals surface area (Å²) in [5, 5.41) is 16.6. The molecule has 0 atom stereocenters. The van der Waals surface area contributed by atoms with Gasteiger partial charge in [-0.2, -0.15) is 0 Å². The number of benzene rings is 1. The fraction of sp³-hybridized carbons (Fsp3) is 0.500. The van der Waals surface area contributed by atoms with Crippen LogP contribution in [0.2, 0.25) is 0 Å². The van der Waals surface area contributed by atoms with Gasteiger partial charge in [0.2, 0.25) is 0 Å². The number of nitrogens with zero attached hydrogens (tertiary/aromatic N) is 4. The Hall–Kier alpha value is -2.90. The second-order valence-electron chi connectivity index (χ2n) is 7.78. The molecule has 0 spiro atoms. The zero-order valence-corrected chi connectivity index (χ0v) is 17.5. The molecule has 0 amide bonds. The third kappa shape index (κ3) is 4.80. The predicted octanol–water partition coefficient (Wildman–Crippen LogP) is 2.97. The molecule has 1 aromatic carbocycles. The van der Waals surface area contributed by atoms with E-state index >= 15 is 0 Å². The highest BCUT2D eigenvalue weighted by atomic mass is 19.1. The summed E-state index contributed by atoms with van der Waals surface area (Å²) in [6.07, 6.45) is 9.45. The van der Waals surface area contributed by atoms with Gasteiger partial charge in [-0.3, -0.25) is 4.99 Å². The van der Waals surface area contributed by atoms with E-state index in [1.807, 2.05) is 12.3 Å². The maximum Gasteiger partial charge on any atom is 0.190 e. The molecule has 1 aliphatic rings. The van der Waals surface area contributed by atoms with Gasteiger partial charge in [0, 0.05) is 56.6 Å². The topological polar surface area (TPSA) is 82.9 Å². The molecular formula is C22H30FN7. The van der Waals surface area contributed by atoms with Gasteiger partial charge in [-0.15, -0.1) is 10.2 Å². The number of nitrogens with one attached hydrogen (secondary N) is 3. The van der Waals surface area contributed by atoms with Crippen LogP contribution in [0.5, 0.6) is 0 Å². The molecule has 4 rings (SSSR count). The molecule has 3 heterocycles. The third-order valence-corrected chi connectivity index (χ3v) is 5.70. The highest BCUT2D eigenvalue weighted by Gasteiger charge is 2.14. The first-order valence-electron chi connectivity index (χ1n) is 10.9. The number of halogens is 1. The maximum atomic E-state index is 13.3. The summed E-state index contributed by atoms with van der Waals surface area (Å²) in [6.45, 7) is 2.63. The van der Waals surface area contributed by atoms with Crippen molar-refractivity contribution in [2.45, 2.75) is 51.5 Å². The van der Waals surface area contributed by atoms with Crippen LogP contribution in [0, 0.1) is 5.82 Å². The van der Waals surface area contributed by atoms with E-state index in [1.54, 1.807) is 7.05 Å². The number of rotatable bonds is 7. The molecular weight excluding hydrogens is 381 g/mol. The first-order chi connectivity index (χ1) is 14.7. The lowest BCUT2D eigenvalue weighted by Gasteiger charge is -2.12. The fourth-order valence-electron chi connectivity index (χ4n) is 4.09. The molecule has 0 fully saturated rings. The summed E-state index contributed by atoms with van der Waals surface area (Å²) in [5.74, 6) is 2.82. The lowest BCUT2D eigenvalue weighted by Crippen LogP contribution is -2.38. The molecule has 160 valence electrons. The Morgan fingerprint density at radius 1 is 1.17 bits per heavy atom. The number of aromatic amines is 1. The number of guanidine groups is 1. The zero-order valence-electron chi connectivity index (χ0n) is 17.5. The minimum atomic E-state index is -0.221. The molecule has 30 heavy (non-hydrogen) atoms. The molecule has 2 aromatic heterocycles. The summed E-state index contributed by atoms with van der Waals surface area (Å²) in [4.78, 5) is 7.44. The second kappa shape index (κ2) is 9.73. The van der Waals surface area contributed by atoms with Crippen LogP contribution in [-0.4, -0.2) is 45.8 Å². The molecule has 0 saturated heterocycles. The van der Waals surface area contributed by atoms with Crippen LogP contribution in [0.1, 0.15) is 42.9 Å². The molecule has 0 aliphatic carbocycles. The van der Waals surface area contributed by atoms with Crippen molar-refractivity contribution in [3.05, 3.63) is 47.4 Å². The molecule has 3 aromatic rings. The molecule has 7 nitrogen and oxygen atoms in total. The first kappa shape index (κ1) is 20.4. The average Bonchev–Trinajstić information content (AvgIpc) is 3.24. The van der Waals surface area contributed by atoms with Gasteiger partial charge in [0.15, 0.2) is 5.96 Å². The predicted molar refractivity (Wildman–Crippen MR) is 117 cm³/mol. The van der Waals surface area contributed by atoms with Crippen LogP contribution in [0.4, 0.5) is 4.39 Å². The second-order valence-corrected chi connectivity index (χ2v) is 7.78. The number of hydrogen-bond acceptors (Lipinski definition) is 3. The number of H-pyrrole nitrogens is 1. The molecule has 0 saturated carbocycles. The van der Waals surface area contributed by atoms with E-state index in [0.717, 1.165) is 73.8 Å². The molecule has 0 bridgehead atoms. The van der Waals surface area contributed by atoms with Crippen LogP contribution in [-0.2, 0) is 25.8 Å². The quantitative estimate of drug-likeness (QED) is 0.317. The average molecular weight is 412 g/mol.